The lowest BCUT2D eigenvalue weighted by atomic mass is 10.1. The van der Waals surface area contributed by atoms with Crippen LogP contribution in [0.3, 0.4) is 0 Å². The standard InChI is InChI=1S/C17H27N3O2S/c1-11(20-9-7-6-8-15(20)21)10-16(22)19(5)13(3)17-12(2)18-14(4)23-17/h11,13H,6-10H2,1-5H3/t11-,13+/m0/s1. The molecule has 2 amide bonds. The second kappa shape index (κ2) is 7.43. The number of aryl methyl sites for hydroxylation is 2. The van der Waals surface area contributed by atoms with Crippen molar-refractivity contribution in [2.45, 2.75) is 65.5 Å². The quantitative estimate of drug-likeness (QED) is 0.830. The summed E-state index contributed by atoms with van der Waals surface area (Å²) in [7, 11) is 1.84. The molecule has 6 heteroatoms. The summed E-state index contributed by atoms with van der Waals surface area (Å²) < 4.78 is 0. The average Bonchev–Trinajstić information content (AvgIpc) is 2.84. The normalized spacial score (nSPS) is 18.0. The molecule has 1 aromatic rings. The van der Waals surface area contributed by atoms with Crippen LogP contribution in [0.5, 0.6) is 0 Å². The van der Waals surface area contributed by atoms with Crippen LogP contribution in [-0.4, -0.2) is 46.2 Å². The summed E-state index contributed by atoms with van der Waals surface area (Å²) in [6.45, 7) is 8.76. The molecule has 5 nitrogen and oxygen atoms in total. The van der Waals surface area contributed by atoms with Gasteiger partial charge in [0.05, 0.1) is 16.7 Å². The molecule has 0 radical (unpaired) electrons. The maximum Gasteiger partial charge on any atom is 0.224 e. The molecule has 0 aromatic carbocycles. The molecular formula is C17H27N3O2S. The van der Waals surface area contributed by atoms with Gasteiger partial charge in [-0.15, -0.1) is 11.3 Å². The molecule has 2 rings (SSSR count). The number of likely N-dealkylation sites (tertiary alicyclic amines) is 1. The molecule has 1 fully saturated rings. The van der Waals surface area contributed by atoms with Crippen molar-refractivity contribution in [2.75, 3.05) is 13.6 Å². The predicted octanol–water partition coefficient (Wildman–Crippen LogP) is 3.07. The first-order valence-corrected chi connectivity index (χ1v) is 9.12. The molecule has 2 atom stereocenters. The Labute approximate surface area is 142 Å². The molecule has 128 valence electrons. The molecule has 0 bridgehead atoms. The molecule has 2 heterocycles. The zero-order valence-electron chi connectivity index (χ0n) is 14.8. The summed E-state index contributed by atoms with van der Waals surface area (Å²) in [5.41, 5.74) is 0.999. The molecule has 0 spiro atoms. The monoisotopic (exact) mass is 337 g/mol. The van der Waals surface area contributed by atoms with Crippen molar-refractivity contribution in [3.63, 3.8) is 0 Å². The zero-order valence-corrected chi connectivity index (χ0v) is 15.6. The van der Waals surface area contributed by atoms with E-state index in [0.29, 0.717) is 12.8 Å². The summed E-state index contributed by atoms with van der Waals surface area (Å²) in [5.74, 6) is 0.259. The van der Waals surface area contributed by atoms with Crippen LogP contribution in [0.25, 0.3) is 0 Å². The number of nitrogens with zero attached hydrogens (tertiary/aromatic N) is 3. The Morgan fingerprint density at radius 1 is 1.35 bits per heavy atom. The molecule has 1 aliphatic rings. The number of carbonyl (C=O) groups is 2. The van der Waals surface area contributed by atoms with Crippen molar-refractivity contribution < 1.29 is 9.59 Å². The molecular weight excluding hydrogens is 310 g/mol. The van der Waals surface area contributed by atoms with Gasteiger partial charge in [0.2, 0.25) is 11.8 Å². The number of piperidine rings is 1. The number of thiazole rings is 1. The minimum absolute atomic E-state index is 0.0120. The lowest BCUT2D eigenvalue weighted by Gasteiger charge is -2.34. The van der Waals surface area contributed by atoms with Crippen molar-refractivity contribution in [1.29, 1.82) is 0 Å². The van der Waals surface area contributed by atoms with Crippen molar-refractivity contribution in [3.05, 3.63) is 15.6 Å². The summed E-state index contributed by atoms with van der Waals surface area (Å²) in [6.07, 6.45) is 3.00. The highest BCUT2D eigenvalue weighted by Gasteiger charge is 2.27. The first-order chi connectivity index (χ1) is 10.8. The number of rotatable bonds is 5. The molecule has 23 heavy (non-hydrogen) atoms. The third-order valence-electron chi connectivity index (χ3n) is 4.66. The maximum atomic E-state index is 12.6. The van der Waals surface area contributed by atoms with Gasteiger partial charge in [-0.25, -0.2) is 4.98 Å². The van der Waals surface area contributed by atoms with Gasteiger partial charge in [-0.2, -0.15) is 0 Å². The number of hydrogen-bond acceptors (Lipinski definition) is 4. The lowest BCUT2D eigenvalue weighted by Crippen LogP contribution is -2.44. The van der Waals surface area contributed by atoms with Gasteiger partial charge in [-0.1, -0.05) is 0 Å². The molecule has 1 saturated heterocycles. The second-order valence-electron chi connectivity index (χ2n) is 6.46. The maximum absolute atomic E-state index is 12.6. The second-order valence-corrected chi connectivity index (χ2v) is 7.70. The lowest BCUT2D eigenvalue weighted by molar-refractivity contribution is -0.138. The van der Waals surface area contributed by atoms with Gasteiger partial charge < -0.3 is 9.80 Å². The highest BCUT2D eigenvalue weighted by atomic mass is 32.1. The van der Waals surface area contributed by atoms with E-state index >= 15 is 0 Å². The smallest absolute Gasteiger partial charge is 0.224 e. The van der Waals surface area contributed by atoms with Gasteiger partial charge >= 0.3 is 0 Å². The van der Waals surface area contributed by atoms with Gasteiger partial charge in [0.1, 0.15) is 0 Å². The predicted molar refractivity (Wildman–Crippen MR) is 92.4 cm³/mol. The molecule has 1 aliphatic heterocycles. The Kier molecular flexibility index (Phi) is 5.79. The minimum Gasteiger partial charge on any atom is -0.339 e. The summed E-state index contributed by atoms with van der Waals surface area (Å²) in [5, 5.41) is 1.03. The number of amides is 2. The van der Waals surface area contributed by atoms with Crippen molar-refractivity contribution in [3.8, 4) is 0 Å². The number of aromatic nitrogens is 1. The molecule has 0 aliphatic carbocycles. The molecule has 1 aromatic heterocycles. The fourth-order valence-corrected chi connectivity index (χ4v) is 4.15. The largest absolute Gasteiger partial charge is 0.339 e. The molecule has 0 unspecified atom stereocenters. The van der Waals surface area contributed by atoms with Crippen molar-refractivity contribution in [1.82, 2.24) is 14.8 Å². The van der Waals surface area contributed by atoms with E-state index in [1.807, 2.05) is 39.6 Å². The first-order valence-electron chi connectivity index (χ1n) is 8.30. The summed E-state index contributed by atoms with van der Waals surface area (Å²) in [6, 6.07) is -0.0211. The van der Waals surface area contributed by atoms with Gasteiger partial charge in [0.15, 0.2) is 0 Å². The van der Waals surface area contributed by atoms with Crippen LogP contribution in [0.1, 0.15) is 61.2 Å². The van der Waals surface area contributed by atoms with E-state index in [0.717, 1.165) is 35.0 Å². The van der Waals surface area contributed by atoms with Crippen LogP contribution in [0.2, 0.25) is 0 Å². The van der Waals surface area contributed by atoms with Crippen LogP contribution in [0.15, 0.2) is 0 Å². The molecule has 0 N–H and O–H groups in total. The van der Waals surface area contributed by atoms with Gasteiger partial charge in [-0.3, -0.25) is 9.59 Å². The van der Waals surface area contributed by atoms with Gasteiger partial charge in [0.25, 0.3) is 0 Å². The highest BCUT2D eigenvalue weighted by molar-refractivity contribution is 7.11. The van der Waals surface area contributed by atoms with Crippen LogP contribution in [0, 0.1) is 13.8 Å². The summed E-state index contributed by atoms with van der Waals surface area (Å²) in [4.78, 5) is 33.8. The van der Waals surface area contributed by atoms with E-state index < -0.39 is 0 Å². The topological polar surface area (TPSA) is 53.5 Å². The van der Waals surface area contributed by atoms with E-state index in [1.165, 1.54) is 0 Å². The van der Waals surface area contributed by atoms with E-state index in [9.17, 15) is 9.59 Å². The Balaban J connectivity index is 1.99. The Bertz CT molecular complexity index is 584. The third kappa shape index (κ3) is 4.10. The van der Waals surface area contributed by atoms with Gasteiger partial charge in [-0.05, 0) is 40.5 Å². The van der Waals surface area contributed by atoms with E-state index in [2.05, 4.69) is 4.98 Å². The van der Waals surface area contributed by atoms with Crippen molar-refractivity contribution in [2.24, 2.45) is 0 Å². The fraction of sp³-hybridized carbons (Fsp3) is 0.706. The van der Waals surface area contributed by atoms with Gasteiger partial charge in [0, 0.05) is 37.4 Å². The van der Waals surface area contributed by atoms with Crippen LogP contribution >= 0.6 is 11.3 Å². The highest BCUT2D eigenvalue weighted by Crippen LogP contribution is 2.29. The third-order valence-corrected chi connectivity index (χ3v) is 5.90. The zero-order chi connectivity index (χ0) is 17.1. The average molecular weight is 337 g/mol. The van der Waals surface area contributed by atoms with Crippen LogP contribution in [0.4, 0.5) is 0 Å². The Morgan fingerprint density at radius 2 is 2.04 bits per heavy atom. The van der Waals surface area contributed by atoms with E-state index in [-0.39, 0.29) is 23.9 Å². The minimum atomic E-state index is -0.0331. The van der Waals surface area contributed by atoms with E-state index in [1.54, 1.807) is 16.2 Å². The Hall–Kier alpha value is -1.43. The SMILES string of the molecule is Cc1nc(C)c([C@@H](C)N(C)C(=O)C[C@H](C)N2CCCCC2=O)s1. The number of carbonyl (C=O) groups excluding carboxylic acids is 2. The van der Waals surface area contributed by atoms with Crippen molar-refractivity contribution >= 4 is 23.2 Å². The van der Waals surface area contributed by atoms with Crippen LogP contribution < -0.4 is 0 Å². The Morgan fingerprint density at radius 3 is 2.61 bits per heavy atom. The van der Waals surface area contributed by atoms with E-state index in [4.69, 9.17) is 0 Å². The van der Waals surface area contributed by atoms with Crippen LogP contribution in [-0.2, 0) is 9.59 Å². The first kappa shape index (κ1) is 17.9. The fourth-order valence-electron chi connectivity index (χ4n) is 3.13. The number of hydrogen-bond donors (Lipinski definition) is 0. The molecule has 0 saturated carbocycles. The summed E-state index contributed by atoms with van der Waals surface area (Å²) >= 11 is 1.65.